The number of fused-ring (bicyclic) bond motifs is 1. The van der Waals surface area contributed by atoms with Gasteiger partial charge < -0.3 is 10.1 Å². The van der Waals surface area contributed by atoms with E-state index in [1.54, 1.807) is 43.3 Å². The highest BCUT2D eigenvalue weighted by Gasteiger charge is 2.20. The summed E-state index contributed by atoms with van der Waals surface area (Å²) < 4.78 is 6.77. The van der Waals surface area contributed by atoms with Crippen LogP contribution in [0.1, 0.15) is 20.8 Å². The van der Waals surface area contributed by atoms with Crippen molar-refractivity contribution in [3.63, 3.8) is 0 Å². The van der Waals surface area contributed by atoms with Crippen LogP contribution in [0.15, 0.2) is 53.6 Å². The Hall–Kier alpha value is -2.87. The number of aryl methyl sites for hydroxylation is 1. The lowest BCUT2D eigenvalue weighted by Gasteiger charge is -2.09. The molecule has 4 rings (SSSR count). The highest BCUT2D eigenvalue weighted by atomic mass is 35.5. The summed E-state index contributed by atoms with van der Waals surface area (Å²) in [4.78, 5) is 31.4. The summed E-state index contributed by atoms with van der Waals surface area (Å²) in [5.41, 5.74) is 1.74. The number of nitrogens with zero attached hydrogens (tertiary/aromatic N) is 2. The summed E-state index contributed by atoms with van der Waals surface area (Å²) >= 11 is 13.2. The number of benzene rings is 2. The molecule has 31 heavy (non-hydrogen) atoms. The second-order valence-electron chi connectivity index (χ2n) is 6.82. The van der Waals surface area contributed by atoms with Crippen LogP contribution in [-0.4, -0.2) is 22.6 Å². The maximum absolute atomic E-state index is 13.1. The van der Waals surface area contributed by atoms with Crippen LogP contribution in [0.5, 0.6) is 5.75 Å². The second-order valence-corrected chi connectivity index (χ2v) is 8.63. The number of methoxy groups -OCH3 is 1. The zero-order valence-electron chi connectivity index (χ0n) is 16.6. The molecule has 0 aliphatic rings. The van der Waals surface area contributed by atoms with Gasteiger partial charge in [0.15, 0.2) is 0 Å². The number of carbonyl (C=O) groups is 1. The predicted octanol–water partition coefficient (Wildman–Crippen LogP) is 5.38. The van der Waals surface area contributed by atoms with Crippen molar-refractivity contribution < 1.29 is 9.53 Å². The van der Waals surface area contributed by atoms with Gasteiger partial charge in [-0.25, -0.2) is 4.98 Å². The van der Waals surface area contributed by atoms with Crippen LogP contribution in [-0.2, 0) is 6.54 Å². The van der Waals surface area contributed by atoms with Crippen LogP contribution in [0.4, 0.5) is 5.69 Å². The fourth-order valence-corrected chi connectivity index (χ4v) is 4.61. The number of halogens is 2. The molecule has 1 N–H and O–H groups in total. The number of carbonyl (C=O) groups excluding carboxylic acids is 1. The van der Waals surface area contributed by atoms with Gasteiger partial charge in [0.2, 0.25) is 0 Å². The van der Waals surface area contributed by atoms with Crippen molar-refractivity contribution >= 4 is 56.3 Å². The molecule has 0 unspecified atom stereocenters. The smallest absolute Gasteiger partial charge is 0.266 e. The predicted molar refractivity (Wildman–Crippen MR) is 125 cm³/mol. The lowest BCUT2D eigenvalue weighted by molar-refractivity contribution is 0.102. The first-order valence-corrected chi connectivity index (χ1v) is 10.8. The van der Waals surface area contributed by atoms with E-state index < -0.39 is 0 Å². The maximum Gasteiger partial charge on any atom is 0.266 e. The normalized spacial score (nSPS) is 11.0. The summed E-state index contributed by atoms with van der Waals surface area (Å²) in [7, 11) is 1.54. The standard InChI is InChI=1S/C22H17Cl2N3O3S/c1-12-18-21(31-19(12)20(28)26-16-5-3-4-6-17(16)30-2)25-11-27(22(18)29)10-13-7-8-14(23)15(24)9-13/h3-9,11H,10H2,1-2H3,(H,26,28). The Balaban J connectivity index is 1.68. The van der Waals surface area contributed by atoms with E-state index in [1.807, 2.05) is 6.07 Å². The molecule has 4 aromatic rings. The molecule has 0 radical (unpaired) electrons. The monoisotopic (exact) mass is 473 g/mol. The Morgan fingerprint density at radius 1 is 1.19 bits per heavy atom. The van der Waals surface area contributed by atoms with E-state index in [-0.39, 0.29) is 18.0 Å². The minimum atomic E-state index is -0.319. The van der Waals surface area contributed by atoms with Crippen LogP contribution < -0.4 is 15.6 Å². The molecule has 0 fully saturated rings. The van der Waals surface area contributed by atoms with Crippen molar-refractivity contribution in [3.05, 3.63) is 85.2 Å². The first-order chi connectivity index (χ1) is 14.9. The second kappa shape index (κ2) is 8.70. The van der Waals surface area contributed by atoms with Gasteiger partial charge in [-0.1, -0.05) is 41.4 Å². The Kier molecular flexibility index (Phi) is 6.00. The number of anilines is 1. The lowest BCUT2D eigenvalue weighted by atomic mass is 10.2. The van der Waals surface area contributed by atoms with Gasteiger partial charge in [0, 0.05) is 0 Å². The average molecular weight is 474 g/mol. The van der Waals surface area contributed by atoms with E-state index in [0.29, 0.717) is 42.1 Å². The lowest BCUT2D eigenvalue weighted by Crippen LogP contribution is -2.21. The molecule has 6 nitrogen and oxygen atoms in total. The van der Waals surface area contributed by atoms with Gasteiger partial charge in [-0.15, -0.1) is 11.3 Å². The van der Waals surface area contributed by atoms with Crippen LogP contribution in [0.3, 0.4) is 0 Å². The Morgan fingerprint density at radius 2 is 1.97 bits per heavy atom. The molecule has 2 heterocycles. The van der Waals surface area contributed by atoms with E-state index in [2.05, 4.69) is 10.3 Å². The van der Waals surface area contributed by atoms with Crippen LogP contribution in [0, 0.1) is 6.92 Å². The third kappa shape index (κ3) is 4.17. The molecule has 2 aromatic heterocycles. The van der Waals surface area contributed by atoms with E-state index >= 15 is 0 Å². The van der Waals surface area contributed by atoms with Crippen LogP contribution in [0.2, 0.25) is 10.0 Å². The zero-order chi connectivity index (χ0) is 22.1. The van der Waals surface area contributed by atoms with Crippen molar-refractivity contribution in [2.45, 2.75) is 13.5 Å². The molecule has 2 aromatic carbocycles. The van der Waals surface area contributed by atoms with Gasteiger partial charge in [-0.2, -0.15) is 0 Å². The molecule has 0 atom stereocenters. The number of rotatable bonds is 5. The highest BCUT2D eigenvalue weighted by Crippen LogP contribution is 2.30. The third-order valence-corrected chi connectivity index (χ3v) is 6.75. The maximum atomic E-state index is 13.1. The molecule has 1 amide bonds. The summed E-state index contributed by atoms with van der Waals surface area (Å²) in [6.45, 7) is 2.04. The first kappa shape index (κ1) is 21.4. The van der Waals surface area contributed by atoms with Gasteiger partial charge in [-0.3, -0.25) is 14.2 Å². The minimum Gasteiger partial charge on any atom is -0.495 e. The molecule has 0 spiro atoms. The van der Waals surface area contributed by atoms with Crippen molar-refractivity contribution in [3.8, 4) is 5.75 Å². The fraction of sp³-hybridized carbons (Fsp3) is 0.136. The fourth-order valence-electron chi connectivity index (χ4n) is 3.25. The number of hydrogen-bond acceptors (Lipinski definition) is 5. The van der Waals surface area contributed by atoms with Gasteiger partial charge in [0.1, 0.15) is 10.6 Å². The molecule has 9 heteroatoms. The number of amides is 1. The van der Waals surface area contributed by atoms with Crippen molar-refractivity contribution in [2.75, 3.05) is 12.4 Å². The largest absolute Gasteiger partial charge is 0.495 e. The summed E-state index contributed by atoms with van der Waals surface area (Å²) in [6.07, 6.45) is 1.48. The number of nitrogens with one attached hydrogen (secondary N) is 1. The Bertz CT molecular complexity index is 1360. The third-order valence-electron chi connectivity index (χ3n) is 4.82. The van der Waals surface area contributed by atoms with Gasteiger partial charge in [0.25, 0.3) is 11.5 Å². The van der Waals surface area contributed by atoms with E-state index in [0.717, 1.165) is 5.56 Å². The molecular formula is C22H17Cl2N3O3S. The molecule has 158 valence electrons. The molecule has 0 bridgehead atoms. The van der Waals surface area contributed by atoms with Crippen molar-refractivity contribution in [1.29, 1.82) is 0 Å². The quantitative estimate of drug-likeness (QED) is 0.422. The Morgan fingerprint density at radius 3 is 2.71 bits per heavy atom. The zero-order valence-corrected chi connectivity index (χ0v) is 18.9. The van der Waals surface area contributed by atoms with Crippen molar-refractivity contribution in [1.82, 2.24) is 9.55 Å². The van der Waals surface area contributed by atoms with Crippen LogP contribution >= 0.6 is 34.5 Å². The number of hydrogen-bond donors (Lipinski definition) is 1. The topological polar surface area (TPSA) is 73.2 Å². The summed E-state index contributed by atoms with van der Waals surface area (Å²) in [6, 6.07) is 12.3. The number of aromatic nitrogens is 2. The average Bonchev–Trinajstić information content (AvgIpc) is 3.10. The molecule has 0 saturated heterocycles. The van der Waals surface area contributed by atoms with E-state index in [9.17, 15) is 9.59 Å². The van der Waals surface area contributed by atoms with Crippen LogP contribution in [0.25, 0.3) is 10.2 Å². The van der Waals surface area contributed by atoms with Gasteiger partial charge >= 0.3 is 0 Å². The highest BCUT2D eigenvalue weighted by molar-refractivity contribution is 7.20. The van der Waals surface area contributed by atoms with Crippen molar-refractivity contribution in [2.24, 2.45) is 0 Å². The minimum absolute atomic E-state index is 0.221. The molecule has 0 saturated carbocycles. The molecule has 0 aliphatic heterocycles. The Labute approximate surface area is 192 Å². The van der Waals surface area contributed by atoms with Gasteiger partial charge in [0.05, 0.1) is 46.0 Å². The molecular weight excluding hydrogens is 457 g/mol. The first-order valence-electron chi connectivity index (χ1n) is 9.26. The SMILES string of the molecule is COc1ccccc1NC(=O)c1sc2ncn(Cc3ccc(Cl)c(Cl)c3)c(=O)c2c1C. The molecule has 0 aliphatic carbocycles. The van der Waals surface area contributed by atoms with Gasteiger partial charge in [-0.05, 0) is 42.3 Å². The summed E-state index contributed by atoms with van der Waals surface area (Å²) in [5.74, 6) is 0.233. The number of thiophene rings is 1. The van der Waals surface area contributed by atoms with E-state index in [4.69, 9.17) is 27.9 Å². The van der Waals surface area contributed by atoms with E-state index in [1.165, 1.54) is 29.3 Å². The number of ether oxygens (including phenoxy) is 1. The number of para-hydroxylation sites is 2. The summed E-state index contributed by atoms with van der Waals surface area (Å²) in [5, 5.41) is 4.15.